The molecule has 1 unspecified atom stereocenters. The summed E-state index contributed by atoms with van der Waals surface area (Å²) in [5, 5.41) is 4.23. The van der Waals surface area contributed by atoms with Gasteiger partial charge in [-0.1, -0.05) is 24.6 Å². The molecule has 1 N–H and O–H groups in total. The molecule has 0 amide bonds. The number of rotatable bonds is 6. The summed E-state index contributed by atoms with van der Waals surface area (Å²) in [6.45, 7) is 6.03. The molecule has 0 radical (unpaired) electrons. The van der Waals surface area contributed by atoms with Crippen molar-refractivity contribution in [2.45, 2.75) is 32.4 Å². The summed E-state index contributed by atoms with van der Waals surface area (Å²) in [7, 11) is 1.78. The molecule has 2 rings (SSSR count). The van der Waals surface area contributed by atoms with Crippen molar-refractivity contribution in [2.24, 2.45) is 0 Å². The Balaban J connectivity index is 1.98. The highest BCUT2D eigenvalue weighted by Gasteiger charge is 2.22. The van der Waals surface area contributed by atoms with Crippen LogP contribution < -0.4 is 10.2 Å². The average Bonchev–Trinajstić information content (AvgIpc) is 2.89. The highest BCUT2D eigenvalue weighted by molar-refractivity contribution is 6.31. The average molecular weight is 283 g/mol. The molecule has 1 saturated heterocycles. The molecule has 0 spiro atoms. The molecule has 1 heterocycles. The minimum absolute atomic E-state index is 0.352. The molecular formula is C15H23ClN2O. The van der Waals surface area contributed by atoms with Gasteiger partial charge in [0.1, 0.15) is 0 Å². The fourth-order valence-corrected chi connectivity index (χ4v) is 2.67. The first kappa shape index (κ1) is 14.6. The summed E-state index contributed by atoms with van der Waals surface area (Å²) < 4.78 is 5.40. The Morgan fingerprint density at radius 1 is 1.47 bits per heavy atom. The van der Waals surface area contributed by atoms with E-state index in [0.717, 1.165) is 44.0 Å². The number of nitrogens with one attached hydrogen (secondary N) is 1. The number of hydrogen-bond acceptors (Lipinski definition) is 3. The fraction of sp³-hybridized carbons (Fsp3) is 0.600. The van der Waals surface area contributed by atoms with Crippen molar-refractivity contribution in [3.63, 3.8) is 0 Å². The van der Waals surface area contributed by atoms with Crippen molar-refractivity contribution in [3.8, 4) is 0 Å². The van der Waals surface area contributed by atoms with Gasteiger partial charge >= 0.3 is 0 Å². The quantitative estimate of drug-likeness (QED) is 0.812. The summed E-state index contributed by atoms with van der Waals surface area (Å²) >= 11 is 6.36. The van der Waals surface area contributed by atoms with Gasteiger partial charge in [-0.3, -0.25) is 0 Å². The molecule has 0 aliphatic carbocycles. The van der Waals surface area contributed by atoms with Crippen molar-refractivity contribution >= 4 is 17.3 Å². The van der Waals surface area contributed by atoms with Crippen LogP contribution in [0.25, 0.3) is 0 Å². The topological polar surface area (TPSA) is 24.5 Å². The van der Waals surface area contributed by atoms with Crippen LogP contribution in [0.5, 0.6) is 0 Å². The largest absolute Gasteiger partial charge is 0.380 e. The number of ether oxygens (including phenoxy) is 1. The number of anilines is 1. The van der Waals surface area contributed by atoms with E-state index >= 15 is 0 Å². The van der Waals surface area contributed by atoms with E-state index in [9.17, 15) is 0 Å². The number of halogens is 1. The second-order valence-electron chi connectivity index (χ2n) is 5.04. The maximum atomic E-state index is 6.36. The Labute approximate surface area is 120 Å². The van der Waals surface area contributed by atoms with Crippen LogP contribution in [-0.2, 0) is 11.3 Å². The third kappa shape index (κ3) is 3.85. The predicted molar refractivity (Wildman–Crippen MR) is 81.1 cm³/mol. The summed E-state index contributed by atoms with van der Waals surface area (Å²) in [4.78, 5) is 2.34. The Hall–Kier alpha value is -0.770. The van der Waals surface area contributed by atoms with Crippen molar-refractivity contribution in [1.82, 2.24) is 5.32 Å². The molecule has 1 aliphatic rings. The van der Waals surface area contributed by atoms with E-state index in [1.807, 2.05) is 0 Å². The van der Waals surface area contributed by atoms with Crippen LogP contribution in [0.2, 0.25) is 5.02 Å². The first-order valence-corrected chi connectivity index (χ1v) is 7.39. The lowest BCUT2D eigenvalue weighted by Gasteiger charge is -2.19. The summed E-state index contributed by atoms with van der Waals surface area (Å²) in [5.74, 6) is 0. The monoisotopic (exact) mass is 282 g/mol. The van der Waals surface area contributed by atoms with Crippen LogP contribution in [0.4, 0.5) is 5.69 Å². The van der Waals surface area contributed by atoms with E-state index in [0.29, 0.717) is 6.10 Å². The van der Waals surface area contributed by atoms with Crippen LogP contribution in [0.1, 0.15) is 25.3 Å². The normalized spacial score (nSPS) is 19.1. The standard InChI is InChI=1S/C15H23ClN2O/c1-3-7-17-10-12-4-5-13(9-15(12)16)18-8-6-14(11-18)19-2/h4-5,9,14,17H,3,6-8,10-11H2,1-2H3. The van der Waals surface area contributed by atoms with E-state index < -0.39 is 0 Å². The second-order valence-corrected chi connectivity index (χ2v) is 5.45. The van der Waals surface area contributed by atoms with Crippen molar-refractivity contribution in [3.05, 3.63) is 28.8 Å². The molecule has 0 aromatic heterocycles. The van der Waals surface area contributed by atoms with Gasteiger partial charge in [-0.15, -0.1) is 0 Å². The zero-order chi connectivity index (χ0) is 13.7. The zero-order valence-corrected chi connectivity index (χ0v) is 12.5. The molecule has 0 bridgehead atoms. The smallest absolute Gasteiger partial charge is 0.0762 e. The molecule has 1 fully saturated rings. The maximum Gasteiger partial charge on any atom is 0.0762 e. The zero-order valence-electron chi connectivity index (χ0n) is 11.8. The molecule has 106 valence electrons. The molecule has 1 aromatic rings. The Bertz CT molecular complexity index is 411. The van der Waals surface area contributed by atoms with Crippen molar-refractivity contribution < 1.29 is 4.74 Å². The van der Waals surface area contributed by atoms with E-state index in [1.54, 1.807) is 7.11 Å². The summed E-state index contributed by atoms with van der Waals surface area (Å²) in [6, 6.07) is 6.36. The number of hydrogen-bond donors (Lipinski definition) is 1. The van der Waals surface area contributed by atoms with Crippen LogP contribution in [0.3, 0.4) is 0 Å². The number of benzene rings is 1. The van der Waals surface area contributed by atoms with Gasteiger partial charge in [0.15, 0.2) is 0 Å². The number of nitrogens with zero attached hydrogens (tertiary/aromatic N) is 1. The molecule has 1 aromatic carbocycles. The third-order valence-electron chi connectivity index (χ3n) is 3.62. The van der Waals surface area contributed by atoms with E-state index in [4.69, 9.17) is 16.3 Å². The summed E-state index contributed by atoms with van der Waals surface area (Å²) in [5.41, 5.74) is 2.37. The van der Waals surface area contributed by atoms with Crippen LogP contribution in [-0.4, -0.2) is 32.8 Å². The molecule has 1 atom stereocenters. The van der Waals surface area contributed by atoms with Gasteiger partial charge in [-0.2, -0.15) is 0 Å². The number of methoxy groups -OCH3 is 1. The van der Waals surface area contributed by atoms with Gasteiger partial charge in [-0.05, 0) is 37.1 Å². The van der Waals surface area contributed by atoms with Crippen LogP contribution in [0.15, 0.2) is 18.2 Å². The maximum absolute atomic E-state index is 6.36. The Morgan fingerprint density at radius 3 is 2.95 bits per heavy atom. The minimum Gasteiger partial charge on any atom is -0.380 e. The van der Waals surface area contributed by atoms with Gasteiger partial charge in [0.25, 0.3) is 0 Å². The van der Waals surface area contributed by atoms with Gasteiger partial charge in [0.2, 0.25) is 0 Å². The molecule has 1 aliphatic heterocycles. The first-order valence-electron chi connectivity index (χ1n) is 7.01. The fourth-order valence-electron chi connectivity index (χ4n) is 2.43. The molecule has 19 heavy (non-hydrogen) atoms. The van der Waals surface area contributed by atoms with E-state index in [1.165, 1.54) is 11.3 Å². The van der Waals surface area contributed by atoms with Gasteiger partial charge in [0.05, 0.1) is 6.10 Å². The first-order chi connectivity index (χ1) is 9.24. The Kier molecular flexibility index (Phi) is 5.49. The van der Waals surface area contributed by atoms with Crippen molar-refractivity contribution in [1.29, 1.82) is 0 Å². The molecular weight excluding hydrogens is 260 g/mol. The lowest BCUT2D eigenvalue weighted by atomic mass is 10.2. The molecule has 0 saturated carbocycles. The van der Waals surface area contributed by atoms with Gasteiger partial charge < -0.3 is 15.0 Å². The van der Waals surface area contributed by atoms with E-state index in [-0.39, 0.29) is 0 Å². The third-order valence-corrected chi connectivity index (χ3v) is 3.97. The van der Waals surface area contributed by atoms with Gasteiger partial charge in [-0.25, -0.2) is 0 Å². The highest BCUT2D eigenvalue weighted by Crippen LogP contribution is 2.27. The van der Waals surface area contributed by atoms with E-state index in [2.05, 4.69) is 35.3 Å². The lowest BCUT2D eigenvalue weighted by molar-refractivity contribution is 0.121. The van der Waals surface area contributed by atoms with Gasteiger partial charge in [0, 0.05) is 37.5 Å². The Morgan fingerprint density at radius 2 is 2.32 bits per heavy atom. The van der Waals surface area contributed by atoms with Crippen molar-refractivity contribution in [2.75, 3.05) is 31.6 Å². The molecule has 3 nitrogen and oxygen atoms in total. The predicted octanol–water partition coefficient (Wildman–Crippen LogP) is 3.06. The molecule has 4 heteroatoms. The second kappa shape index (κ2) is 7.13. The van der Waals surface area contributed by atoms with Crippen LogP contribution >= 0.6 is 11.6 Å². The van der Waals surface area contributed by atoms with Crippen LogP contribution in [0, 0.1) is 0 Å². The minimum atomic E-state index is 0.352. The highest BCUT2D eigenvalue weighted by atomic mass is 35.5. The SMILES string of the molecule is CCCNCc1ccc(N2CCC(OC)C2)cc1Cl. The summed E-state index contributed by atoms with van der Waals surface area (Å²) in [6.07, 6.45) is 2.58. The lowest BCUT2D eigenvalue weighted by Crippen LogP contribution is -2.22.